The largest absolute Gasteiger partial charge is 0.315 e. The van der Waals surface area contributed by atoms with Crippen LogP contribution in [-0.4, -0.2) is 42.3 Å². The second-order valence-electron chi connectivity index (χ2n) is 7.63. The first-order chi connectivity index (χ1) is 12.8. The number of aliphatic imine (C=N–C) groups is 1. The highest BCUT2D eigenvalue weighted by molar-refractivity contribution is 8.16. The van der Waals surface area contributed by atoms with Crippen LogP contribution in [0.5, 0.6) is 0 Å². The minimum Gasteiger partial charge on any atom is -0.315 e. The molecule has 2 saturated heterocycles. The van der Waals surface area contributed by atoms with Crippen molar-refractivity contribution in [2.75, 3.05) is 16.4 Å². The van der Waals surface area contributed by atoms with E-state index in [1.54, 1.807) is 0 Å². The molecule has 148 valence electrons. The van der Waals surface area contributed by atoms with Crippen LogP contribution in [0.3, 0.4) is 0 Å². The van der Waals surface area contributed by atoms with Gasteiger partial charge in [-0.3, -0.25) is 4.79 Å². The smallest absolute Gasteiger partial charge is 0.251 e. The van der Waals surface area contributed by atoms with E-state index < -0.39 is 9.84 Å². The van der Waals surface area contributed by atoms with Crippen LogP contribution in [0.4, 0.5) is 5.69 Å². The van der Waals surface area contributed by atoms with E-state index in [0.717, 1.165) is 24.1 Å². The summed E-state index contributed by atoms with van der Waals surface area (Å²) in [5.41, 5.74) is 2.12. The van der Waals surface area contributed by atoms with Crippen LogP contribution in [0, 0.1) is 5.92 Å². The van der Waals surface area contributed by atoms with E-state index in [0.29, 0.717) is 11.1 Å². The molecule has 2 aliphatic heterocycles. The number of carbonyl (C=O) groups is 1. The highest BCUT2D eigenvalue weighted by atomic mass is 32.2. The first-order valence-electron chi connectivity index (χ1n) is 9.65. The summed E-state index contributed by atoms with van der Waals surface area (Å²) in [4.78, 5) is 19.2. The van der Waals surface area contributed by atoms with Gasteiger partial charge in [0, 0.05) is 16.9 Å². The Hall–Kier alpha value is -1.34. The maximum atomic E-state index is 12.7. The number of thioether (sulfide) groups is 1. The van der Waals surface area contributed by atoms with Crippen LogP contribution < -0.4 is 4.90 Å². The molecule has 0 saturated carbocycles. The van der Waals surface area contributed by atoms with Gasteiger partial charge in [-0.15, -0.1) is 0 Å². The fourth-order valence-corrected chi connectivity index (χ4v) is 7.78. The molecule has 27 heavy (non-hydrogen) atoms. The van der Waals surface area contributed by atoms with E-state index in [9.17, 15) is 13.2 Å². The molecular weight excluding hydrogens is 380 g/mol. The monoisotopic (exact) mass is 408 g/mol. The molecule has 1 aromatic rings. The predicted octanol–water partition coefficient (Wildman–Crippen LogP) is 3.85. The second kappa shape index (κ2) is 7.95. The van der Waals surface area contributed by atoms with Crippen LogP contribution >= 0.6 is 11.8 Å². The van der Waals surface area contributed by atoms with Crippen molar-refractivity contribution in [3.05, 3.63) is 29.8 Å². The predicted molar refractivity (Wildman–Crippen MR) is 113 cm³/mol. The average Bonchev–Trinajstić information content (AvgIpc) is 3.06. The minimum absolute atomic E-state index is 0.0662. The lowest BCUT2D eigenvalue weighted by Gasteiger charge is -2.28. The molecule has 1 amide bonds. The third-order valence-electron chi connectivity index (χ3n) is 5.43. The number of sulfone groups is 1. The van der Waals surface area contributed by atoms with Gasteiger partial charge < -0.3 is 4.90 Å². The van der Waals surface area contributed by atoms with Crippen molar-refractivity contribution in [1.82, 2.24) is 0 Å². The van der Waals surface area contributed by atoms with E-state index in [1.807, 2.05) is 36.9 Å². The number of carbonyl (C=O) groups excluding carboxylic acids is 1. The number of amidine groups is 1. The number of nitrogens with zero attached hydrogens (tertiary/aromatic N) is 2. The van der Waals surface area contributed by atoms with E-state index in [-0.39, 0.29) is 34.6 Å². The van der Waals surface area contributed by atoms with E-state index in [1.165, 1.54) is 11.8 Å². The van der Waals surface area contributed by atoms with Gasteiger partial charge in [-0.05, 0) is 30.4 Å². The van der Waals surface area contributed by atoms with Gasteiger partial charge in [0.1, 0.15) is 0 Å². The number of para-hydroxylation sites is 1. The molecule has 0 spiro atoms. The Labute approximate surface area is 166 Å². The molecule has 0 bridgehead atoms. The topological polar surface area (TPSA) is 66.8 Å². The zero-order chi connectivity index (χ0) is 19.8. The van der Waals surface area contributed by atoms with Gasteiger partial charge in [-0.1, -0.05) is 57.7 Å². The van der Waals surface area contributed by atoms with Gasteiger partial charge in [0.25, 0.3) is 5.91 Å². The number of rotatable bonds is 5. The number of amides is 1. The zero-order valence-electron chi connectivity index (χ0n) is 16.4. The van der Waals surface area contributed by atoms with Crippen molar-refractivity contribution >= 4 is 38.4 Å². The quantitative estimate of drug-likeness (QED) is 0.740. The number of fused-ring (bicyclic) bond motifs is 1. The van der Waals surface area contributed by atoms with Crippen molar-refractivity contribution < 1.29 is 13.2 Å². The number of anilines is 1. The molecule has 0 aromatic heterocycles. The van der Waals surface area contributed by atoms with E-state index in [2.05, 4.69) is 24.9 Å². The van der Waals surface area contributed by atoms with Crippen molar-refractivity contribution in [1.29, 1.82) is 0 Å². The second-order valence-corrected chi connectivity index (χ2v) is 11.0. The van der Waals surface area contributed by atoms with E-state index in [4.69, 9.17) is 0 Å². The fraction of sp³-hybridized carbons (Fsp3) is 0.600. The highest BCUT2D eigenvalue weighted by Crippen LogP contribution is 2.43. The zero-order valence-corrected chi connectivity index (χ0v) is 18.0. The first-order valence-corrected chi connectivity index (χ1v) is 12.3. The number of benzene rings is 1. The highest BCUT2D eigenvalue weighted by Gasteiger charge is 2.49. The lowest BCUT2D eigenvalue weighted by molar-refractivity contribution is -0.121. The van der Waals surface area contributed by atoms with Gasteiger partial charge in [-0.25, -0.2) is 8.42 Å². The average molecular weight is 409 g/mol. The molecular formula is C20H28N2O3S2. The lowest BCUT2D eigenvalue weighted by atomic mass is 9.99. The summed E-state index contributed by atoms with van der Waals surface area (Å²) in [7, 11) is -3.06. The molecule has 2 fully saturated rings. The number of hydrogen-bond acceptors (Lipinski definition) is 4. The van der Waals surface area contributed by atoms with Gasteiger partial charge in [0.05, 0.1) is 17.5 Å². The Morgan fingerprint density at radius 1 is 1.22 bits per heavy atom. The maximum Gasteiger partial charge on any atom is 0.251 e. The van der Waals surface area contributed by atoms with Crippen molar-refractivity contribution in [2.24, 2.45) is 10.9 Å². The van der Waals surface area contributed by atoms with E-state index >= 15 is 0 Å². The standard InChI is InChI=1S/C20H28N2O3S2/c1-5-14(6-2)19(23)21-20-22(16-10-8-7-9-15(16)13(3)4)17-11-27(24,25)12-18(17)26-20/h7-10,13-14,17-18H,5-6,11-12H2,1-4H3/t17-,18-/m1/s1. The normalized spacial score (nSPS) is 25.6. The first kappa shape index (κ1) is 20.4. The van der Waals surface area contributed by atoms with Crippen molar-refractivity contribution in [2.45, 2.75) is 57.7 Å². The third kappa shape index (κ3) is 4.09. The molecule has 2 aliphatic rings. The molecule has 0 radical (unpaired) electrons. The summed E-state index contributed by atoms with van der Waals surface area (Å²) >= 11 is 1.45. The third-order valence-corrected chi connectivity index (χ3v) is 8.64. The summed E-state index contributed by atoms with van der Waals surface area (Å²) in [6.07, 6.45) is 1.53. The Kier molecular flexibility index (Phi) is 6.01. The molecule has 7 heteroatoms. The lowest BCUT2D eigenvalue weighted by Crippen LogP contribution is -2.38. The summed E-state index contributed by atoms with van der Waals surface area (Å²) in [5.74, 6) is 0.386. The molecule has 0 unspecified atom stereocenters. The van der Waals surface area contributed by atoms with Crippen LogP contribution in [-0.2, 0) is 14.6 Å². The maximum absolute atomic E-state index is 12.7. The van der Waals surface area contributed by atoms with Gasteiger partial charge in [-0.2, -0.15) is 4.99 Å². The van der Waals surface area contributed by atoms with Crippen molar-refractivity contribution in [3.63, 3.8) is 0 Å². The molecule has 2 heterocycles. The molecule has 1 aromatic carbocycles. The Balaban J connectivity index is 2.06. The van der Waals surface area contributed by atoms with Gasteiger partial charge >= 0.3 is 0 Å². The van der Waals surface area contributed by atoms with Crippen LogP contribution in [0.1, 0.15) is 52.0 Å². The number of hydrogen-bond donors (Lipinski definition) is 0. The van der Waals surface area contributed by atoms with Gasteiger partial charge in [0.15, 0.2) is 15.0 Å². The van der Waals surface area contributed by atoms with Crippen LogP contribution in [0.15, 0.2) is 29.3 Å². The van der Waals surface area contributed by atoms with Gasteiger partial charge in [0.2, 0.25) is 0 Å². The summed E-state index contributed by atoms with van der Waals surface area (Å²) in [6.45, 7) is 8.25. The molecule has 5 nitrogen and oxygen atoms in total. The molecule has 0 N–H and O–H groups in total. The molecule has 3 rings (SSSR count). The van der Waals surface area contributed by atoms with Crippen LogP contribution in [0.25, 0.3) is 0 Å². The Bertz CT molecular complexity index is 845. The summed E-state index contributed by atoms with van der Waals surface area (Å²) in [5, 5.41) is 0.591. The fourth-order valence-electron chi connectivity index (χ4n) is 3.86. The van der Waals surface area contributed by atoms with Crippen LogP contribution in [0.2, 0.25) is 0 Å². The summed E-state index contributed by atoms with van der Waals surface area (Å²) in [6, 6.07) is 7.88. The molecule has 2 atom stereocenters. The Morgan fingerprint density at radius 3 is 2.52 bits per heavy atom. The van der Waals surface area contributed by atoms with Crippen molar-refractivity contribution in [3.8, 4) is 0 Å². The summed E-state index contributed by atoms with van der Waals surface area (Å²) < 4.78 is 24.4. The SMILES string of the molecule is CCC(CC)C(=O)N=C1S[C@@H]2CS(=O)(=O)C[C@H]2N1c1ccccc1C(C)C. The minimum atomic E-state index is -3.06. The molecule has 0 aliphatic carbocycles. The Morgan fingerprint density at radius 2 is 1.89 bits per heavy atom.